The van der Waals surface area contributed by atoms with Crippen LogP contribution in [-0.4, -0.2) is 16.1 Å². The van der Waals surface area contributed by atoms with Gasteiger partial charge in [-0.3, -0.25) is 0 Å². The van der Waals surface area contributed by atoms with Gasteiger partial charge in [0.2, 0.25) is 0 Å². The Hall–Kier alpha value is -2.11. The van der Waals surface area contributed by atoms with Crippen molar-refractivity contribution in [1.82, 2.24) is 4.98 Å². The summed E-state index contributed by atoms with van der Waals surface area (Å²) in [5, 5.41) is 9.50. The molecule has 0 aliphatic rings. The third kappa shape index (κ3) is 4.34. The molecule has 6 heteroatoms. The lowest BCUT2D eigenvalue weighted by atomic mass is 9.84. The molecule has 2 rings (SSSR count). The fourth-order valence-corrected chi connectivity index (χ4v) is 3.46. The summed E-state index contributed by atoms with van der Waals surface area (Å²) in [5.41, 5.74) is -1.43. The average Bonchev–Trinajstić information content (AvgIpc) is 2.59. The molecule has 1 aromatic heterocycles. The molecule has 0 radical (unpaired) electrons. The Balaban J connectivity index is 2.67. The Kier molecular flexibility index (Phi) is 6.62. The van der Waals surface area contributed by atoms with E-state index in [4.69, 9.17) is 0 Å². The number of hydrogen-bond acceptors (Lipinski definition) is 2. The molecule has 0 fully saturated rings. The Morgan fingerprint density at radius 2 is 1.85 bits per heavy atom. The second kappa shape index (κ2) is 8.52. The number of hydrogen-bond donors (Lipinski definition) is 1. The van der Waals surface area contributed by atoms with E-state index >= 15 is 0 Å². The van der Waals surface area contributed by atoms with Crippen molar-refractivity contribution in [1.29, 1.82) is 0 Å². The van der Waals surface area contributed by atoms with Crippen LogP contribution in [0.25, 0.3) is 10.9 Å². The number of rotatable bonds is 8. The lowest BCUT2D eigenvalue weighted by Gasteiger charge is -2.24. The van der Waals surface area contributed by atoms with Crippen molar-refractivity contribution in [3.63, 3.8) is 0 Å². The van der Waals surface area contributed by atoms with Crippen LogP contribution in [0.5, 0.6) is 0 Å². The standard InChI is InChI=1S/C20H24F3NO2/c1-3-5-6-7-10-13(4-2)16-17(20(21,22)23)14-11-8-9-12-15(14)24-18(16)19(25)26/h8-9,11-13H,3-7,10H2,1-2H3,(H,25,26). The molecular weight excluding hydrogens is 343 g/mol. The van der Waals surface area contributed by atoms with E-state index < -0.39 is 29.3 Å². The normalized spacial score (nSPS) is 13.1. The highest BCUT2D eigenvalue weighted by molar-refractivity contribution is 5.94. The number of carboxylic acid groups (broad SMARTS) is 1. The van der Waals surface area contributed by atoms with Gasteiger partial charge >= 0.3 is 12.1 Å². The SMILES string of the molecule is CCCCCCC(CC)c1c(C(=O)O)nc2ccccc2c1C(F)(F)F. The first-order valence-electron chi connectivity index (χ1n) is 9.04. The van der Waals surface area contributed by atoms with Crippen molar-refractivity contribution in [2.24, 2.45) is 0 Å². The van der Waals surface area contributed by atoms with Crippen LogP contribution in [0.15, 0.2) is 24.3 Å². The van der Waals surface area contributed by atoms with Crippen LogP contribution in [0.3, 0.4) is 0 Å². The van der Waals surface area contributed by atoms with Gasteiger partial charge in [-0.05, 0) is 24.8 Å². The van der Waals surface area contributed by atoms with Crippen molar-refractivity contribution in [3.05, 3.63) is 41.1 Å². The van der Waals surface area contributed by atoms with Gasteiger partial charge in [0, 0.05) is 10.9 Å². The molecule has 0 saturated carbocycles. The third-order valence-electron chi connectivity index (χ3n) is 4.72. The number of unbranched alkanes of at least 4 members (excludes halogenated alkanes) is 3. The van der Waals surface area contributed by atoms with Gasteiger partial charge in [0.05, 0.1) is 11.1 Å². The zero-order valence-electron chi connectivity index (χ0n) is 15.1. The van der Waals surface area contributed by atoms with Crippen molar-refractivity contribution in [2.75, 3.05) is 0 Å². The molecule has 0 aliphatic heterocycles. The minimum absolute atomic E-state index is 0.0352. The molecular formula is C20H24F3NO2. The van der Waals surface area contributed by atoms with Crippen LogP contribution in [0.4, 0.5) is 13.2 Å². The van der Waals surface area contributed by atoms with Gasteiger partial charge < -0.3 is 5.11 Å². The largest absolute Gasteiger partial charge is 0.477 e. The Labute approximate surface area is 151 Å². The number of aromatic nitrogens is 1. The predicted octanol–water partition coefficient (Wildman–Crippen LogP) is 6.42. The van der Waals surface area contributed by atoms with Crippen LogP contribution in [0.1, 0.15) is 79.9 Å². The summed E-state index contributed by atoms with van der Waals surface area (Å²) in [7, 11) is 0. The zero-order valence-corrected chi connectivity index (χ0v) is 15.1. The van der Waals surface area contributed by atoms with Crippen molar-refractivity contribution < 1.29 is 23.1 Å². The number of carbonyl (C=O) groups is 1. The maximum absolute atomic E-state index is 13.9. The van der Waals surface area contributed by atoms with Crippen molar-refractivity contribution in [3.8, 4) is 0 Å². The van der Waals surface area contributed by atoms with E-state index in [-0.39, 0.29) is 16.5 Å². The number of benzene rings is 1. The van der Waals surface area contributed by atoms with Crippen LogP contribution in [-0.2, 0) is 6.18 Å². The fraction of sp³-hybridized carbons (Fsp3) is 0.500. The molecule has 2 aromatic rings. The van der Waals surface area contributed by atoms with E-state index in [2.05, 4.69) is 11.9 Å². The molecule has 1 aromatic carbocycles. The topological polar surface area (TPSA) is 50.2 Å². The highest BCUT2D eigenvalue weighted by atomic mass is 19.4. The number of para-hydroxylation sites is 1. The minimum atomic E-state index is -4.64. The molecule has 26 heavy (non-hydrogen) atoms. The first-order chi connectivity index (χ1) is 12.3. The minimum Gasteiger partial charge on any atom is -0.477 e. The van der Waals surface area contributed by atoms with Crippen LogP contribution >= 0.6 is 0 Å². The molecule has 0 amide bonds. The summed E-state index contributed by atoms with van der Waals surface area (Å²) >= 11 is 0. The van der Waals surface area contributed by atoms with E-state index in [0.29, 0.717) is 12.8 Å². The lowest BCUT2D eigenvalue weighted by molar-refractivity contribution is -0.137. The Bertz CT molecular complexity index is 771. The van der Waals surface area contributed by atoms with E-state index in [0.717, 1.165) is 25.7 Å². The first kappa shape index (κ1) is 20.2. The number of carboxylic acids is 1. The number of nitrogens with zero attached hydrogens (tertiary/aromatic N) is 1. The van der Waals surface area contributed by atoms with Crippen LogP contribution in [0, 0.1) is 0 Å². The number of fused-ring (bicyclic) bond motifs is 1. The van der Waals surface area contributed by atoms with Gasteiger partial charge in [0.25, 0.3) is 0 Å². The molecule has 1 N–H and O–H groups in total. The van der Waals surface area contributed by atoms with Gasteiger partial charge in [0.15, 0.2) is 5.69 Å². The van der Waals surface area contributed by atoms with E-state index in [1.165, 1.54) is 18.2 Å². The first-order valence-corrected chi connectivity index (χ1v) is 9.04. The monoisotopic (exact) mass is 367 g/mol. The summed E-state index contributed by atoms with van der Waals surface area (Å²) in [6.45, 7) is 3.86. The molecule has 1 atom stereocenters. The van der Waals surface area contributed by atoms with Gasteiger partial charge in [-0.15, -0.1) is 0 Å². The molecule has 1 unspecified atom stereocenters. The quantitative estimate of drug-likeness (QED) is 0.548. The summed E-state index contributed by atoms with van der Waals surface area (Å²) in [6.07, 6.45) is 0.0778. The smallest absolute Gasteiger partial charge is 0.417 e. The maximum atomic E-state index is 13.9. The third-order valence-corrected chi connectivity index (χ3v) is 4.72. The number of halogens is 3. The summed E-state index contributed by atoms with van der Waals surface area (Å²) in [6, 6.07) is 5.86. The van der Waals surface area contributed by atoms with Gasteiger partial charge in [-0.2, -0.15) is 13.2 Å². The Morgan fingerprint density at radius 3 is 2.42 bits per heavy atom. The number of pyridine rings is 1. The van der Waals surface area contributed by atoms with Crippen LogP contribution in [0.2, 0.25) is 0 Å². The molecule has 1 heterocycles. The van der Waals surface area contributed by atoms with Gasteiger partial charge in [-0.25, -0.2) is 9.78 Å². The summed E-state index contributed by atoms with van der Waals surface area (Å²) in [5.74, 6) is -1.89. The van der Waals surface area contributed by atoms with Crippen LogP contribution < -0.4 is 0 Å². The molecule has 0 aliphatic carbocycles. The molecule has 0 saturated heterocycles. The highest BCUT2D eigenvalue weighted by Gasteiger charge is 2.40. The highest BCUT2D eigenvalue weighted by Crippen LogP contribution is 2.43. The number of alkyl halides is 3. The molecule has 142 valence electrons. The second-order valence-corrected chi connectivity index (χ2v) is 6.52. The van der Waals surface area contributed by atoms with Crippen molar-refractivity contribution in [2.45, 2.75) is 64.5 Å². The summed E-state index contributed by atoms with van der Waals surface area (Å²) in [4.78, 5) is 15.8. The van der Waals surface area contributed by atoms with Gasteiger partial charge in [0.1, 0.15) is 0 Å². The lowest BCUT2D eigenvalue weighted by Crippen LogP contribution is -2.19. The molecule has 3 nitrogen and oxygen atoms in total. The van der Waals surface area contributed by atoms with E-state index in [1.54, 1.807) is 13.0 Å². The second-order valence-electron chi connectivity index (χ2n) is 6.52. The fourth-order valence-electron chi connectivity index (χ4n) is 3.46. The summed E-state index contributed by atoms with van der Waals surface area (Å²) < 4.78 is 41.8. The zero-order chi connectivity index (χ0) is 19.3. The Morgan fingerprint density at radius 1 is 1.15 bits per heavy atom. The van der Waals surface area contributed by atoms with Crippen molar-refractivity contribution >= 4 is 16.9 Å². The van der Waals surface area contributed by atoms with E-state index in [9.17, 15) is 23.1 Å². The average molecular weight is 367 g/mol. The van der Waals surface area contributed by atoms with E-state index in [1.807, 2.05) is 0 Å². The number of aromatic carboxylic acids is 1. The van der Waals surface area contributed by atoms with Gasteiger partial charge in [-0.1, -0.05) is 57.7 Å². The molecule has 0 bridgehead atoms. The maximum Gasteiger partial charge on any atom is 0.417 e. The molecule has 0 spiro atoms. The predicted molar refractivity (Wildman–Crippen MR) is 95.5 cm³/mol.